The standard InChI is InChI=1S/C15H14F3N3O2S2.C2H6/c1-4-25(22,23)11-5-8(2)24-13(11)14-20-9-6-12(15(16,17)18)19-7-10(9)21(14)3;1-2/h5-7H,4H2,1-3H3;1-2H3. The normalized spacial score (nSPS) is 12.1. The van der Waals surface area contributed by atoms with E-state index in [-0.39, 0.29) is 16.2 Å². The molecule has 0 aliphatic carbocycles. The number of hydrogen-bond acceptors (Lipinski definition) is 5. The predicted molar refractivity (Wildman–Crippen MR) is 101 cm³/mol. The zero-order valence-electron chi connectivity index (χ0n) is 15.5. The molecule has 0 saturated heterocycles. The number of fused-ring (bicyclic) bond motifs is 1. The van der Waals surface area contributed by atoms with E-state index >= 15 is 0 Å². The molecule has 0 atom stereocenters. The fraction of sp³-hybridized carbons (Fsp3) is 0.412. The smallest absolute Gasteiger partial charge is 0.325 e. The summed E-state index contributed by atoms with van der Waals surface area (Å²) in [6.45, 7) is 7.31. The molecule has 3 heterocycles. The third-order valence-electron chi connectivity index (χ3n) is 3.80. The maximum Gasteiger partial charge on any atom is 0.433 e. The fourth-order valence-corrected chi connectivity index (χ4v) is 5.03. The fourth-order valence-electron chi connectivity index (χ4n) is 2.48. The Labute approximate surface area is 159 Å². The second kappa shape index (κ2) is 7.59. The van der Waals surface area contributed by atoms with E-state index in [1.807, 2.05) is 13.8 Å². The lowest BCUT2D eigenvalue weighted by Gasteiger charge is -2.05. The SMILES string of the molecule is CC.CCS(=O)(=O)c1cc(C)sc1-c1nc2cc(C(F)(F)F)ncc2n1C. The topological polar surface area (TPSA) is 64.8 Å². The van der Waals surface area contributed by atoms with Gasteiger partial charge in [0, 0.05) is 11.9 Å². The second-order valence-corrected chi connectivity index (χ2v) is 9.01. The van der Waals surface area contributed by atoms with Crippen molar-refractivity contribution in [2.24, 2.45) is 7.05 Å². The Kier molecular flexibility index (Phi) is 6.00. The van der Waals surface area contributed by atoms with Gasteiger partial charge in [-0.3, -0.25) is 0 Å². The molecule has 0 saturated carbocycles. The van der Waals surface area contributed by atoms with Crippen molar-refractivity contribution >= 4 is 32.2 Å². The molecule has 0 bridgehead atoms. The van der Waals surface area contributed by atoms with E-state index in [4.69, 9.17) is 0 Å². The summed E-state index contributed by atoms with van der Waals surface area (Å²) in [4.78, 5) is 9.04. The minimum Gasteiger partial charge on any atom is -0.325 e. The zero-order valence-corrected chi connectivity index (χ0v) is 17.2. The van der Waals surface area contributed by atoms with Crippen molar-refractivity contribution in [3.63, 3.8) is 0 Å². The number of nitrogens with zero attached hydrogens (tertiary/aromatic N) is 3. The Hall–Kier alpha value is -1.94. The van der Waals surface area contributed by atoms with Crippen LogP contribution < -0.4 is 0 Å². The van der Waals surface area contributed by atoms with Crippen molar-refractivity contribution < 1.29 is 21.6 Å². The highest BCUT2D eigenvalue weighted by atomic mass is 32.2. The van der Waals surface area contributed by atoms with E-state index in [1.54, 1.807) is 31.5 Å². The number of aryl methyl sites for hydroxylation is 2. The van der Waals surface area contributed by atoms with Crippen LogP contribution in [0.4, 0.5) is 13.2 Å². The summed E-state index contributed by atoms with van der Waals surface area (Å²) in [6, 6.07) is 2.44. The quantitative estimate of drug-likeness (QED) is 0.609. The lowest BCUT2D eigenvalue weighted by atomic mass is 10.3. The van der Waals surface area contributed by atoms with Gasteiger partial charge in [-0.25, -0.2) is 18.4 Å². The lowest BCUT2D eigenvalue weighted by Crippen LogP contribution is -2.07. The third-order valence-corrected chi connectivity index (χ3v) is 6.72. The van der Waals surface area contributed by atoms with E-state index in [2.05, 4.69) is 9.97 Å². The van der Waals surface area contributed by atoms with Crippen molar-refractivity contribution in [2.75, 3.05) is 5.75 Å². The first-order valence-electron chi connectivity index (χ1n) is 8.28. The number of sulfone groups is 1. The van der Waals surface area contributed by atoms with Gasteiger partial charge in [-0.2, -0.15) is 13.2 Å². The van der Waals surface area contributed by atoms with Crippen molar-refractivity contribution in [1.29, 1.82) is 0 Å². The first-order chi connectivity index (χ1) is 12.5. The lowest BCUT2D eigenvalue weighted by molar-refractivity contribution is -0.141. The van der Waals surface area contributed by atoms with Crippen molar-refractivity contribution in [3.05, 3.63) is 28.9 Å². The van der Waals surface area contributed by atoms with Gasteiger partial charge in [-0.1, -0.05) is 20.8 Å². The molecule has 0 aliphatic rings. The van der Waals surface area contributed by atoms with Crippen molar-refractivity contribution in [2.45, 2.75) is 38.8 Å². The van der Waals surface area contributed by atoms with Gasteiger partial charge < -0.3 is 4.57 Å². The van der Waals surface area contributed by atoms with Gasteiger partial charge in [0.1, 0.15) is 5.69 Å². The monoisotopic (exact) mass is 419 g/mol. The molecule has 0 radical (unpaired) electrons. The summed E-state index contributed by atoms with van der Waals surface area (Å²) >= 11 is 1.24. The van der Waals surface area contributed by atoms with Gasteiger partial charge in [-0.15, -0.1) is 11.3 Å². The number of alkyl halides is 3. The van der Waals surface area contributed by atoms with E-state index in [0.717, 1.165) is 17.1 Å². The molecule has 0 amide bonds. The van der Waals surface area contributed by atoms with Crippen LogP contribution in [0.1, 0.15) is 31.3 Å². The first kappa shape index (κ1) is 21.4. The van der Waals surface area contributed by atoms with Crippen LogP contribution in [-0.4, -0.2) is 28.7 Å². The molecule has 3 aromatic heterocycles. The van der Waals surface area contributed by atoms with Gasteiger partial charge in [0.15, 0.2) is 15.7 Å². The highest BCUT2D eigenvalue weighted by Crippen LogP contribution is 2.37. The molecule has 0 N–H and O–H groups in total. The molecule has 0 aliphatic heterocycles. The summed E-state index contributed by atoms with van der Waals surface area (Å²) in [5.74, 6) is 0.237. The number of thiophene rings is 1. The Balaban J connectivity index is 0.00000126. The van der Waals surface area contributed by atoms with Gasteiger partial charge >= 0.3 is 6.18 Å². The van der Waals surface area contributed by atoms with E-state index < -0.39 is 21.7 Å². The highest BCUT2D eigenvalue weighted by Gasteiger charge is 2.33. The Bertz CT molecular complexity index is 1070. The minimum atomic E-state index is -4.57. The van der Waals surface area contributed by atoms with Crippen LogP contribution in [0.25, 0.3) is 21.7 Å². The molecule has 0 spiro atoms. The number of aromatic nitrogens is 3. The van der Waals surface area contributed by atoms with Crippen molar-refractivity contribution in [3.8, 4) is 10.7 Å². The predicted octanol–water partition coefficient (Wildman–Crippen LogP) is 4.84. The van der Waals surface area contributed by atoms with Gasteiger partial charge in [-0.05, 0) is 19.1 Å². The van der Waals surface area contributed by atoms with Crippen LogP contribution in [0.3, 0.4) is 0 Å². The summed E-state index contributed by atoms with van der Waals surface area (Å²) in [5, 5.41) is 0. The number of halogens is 3. The van der Waals surface area contributed by atoms with Crippen LogP contribution in [0, 0.1) is 6.92 Å². The van der Waals surface area contributed by atoms with Gasteiger partial charge in [0.25, 0.3) is 0 Å². The summed E-state index contributed by atoms with van der Waals surface area (Å²) < 4.78 is 64.7. The minimum absolute atomic E-state index is 0.0696. The van der Waals surface area contributed by atoms with Gasteiger partial charge in [0.2, 0.25) is 0 Å². The van der Waals surface area contributed by atoms with Crippen LogP contribution in [0.2, 0.25) is 0 Å². The molecule has 0 unspecified atom stereocenters. The molecule has 0 aromatic carbocycles. The molecule has 3 rings (SSSR count). The summed E-state index contributed by atoms with van der Waals surface area (Å²) in [7, 11) is -1.86. The number of rotatable bonds is 3. The Morgan fingerprint density at radius 1 is 1.22 bits per heavy atom. The van der Waals surface area contributed by atoms with Gasteiger partial charge in [0.05, 0.1) is 32.8 Å². The van der Waals surface area contributed by atoms with E-state index in [9.17, 15) is 21.6 Å². The number of imidazole rings is 1. The number of hydrogen-bond donors (Lipinski definition) is 0. The van der Waals surface area contributed by atoms with Crippen LogP contribution in [0.5, 0.6) is 0 Å². The molecule has 10 heteroatoms. The maximum absolute atomic E-state index is 12.8. The largest absolute Gasteiger partial charge is 0.433 e. The van der Waals surface area contributed by atoms with Crippen LogP contribution in [0.15, 0.2) is 23.2 Å². The molecule has 5 nitrogen and oxygen atoms in total. The molecular weight excluding hydrogens is 399 g/mol. The average Bonchev–Trinajstić information content (AvgIpc) is 3.16. The number of pyridine rings is 1. The van der Waals surface area contributed by atoms with E-state index in [0.29, 0.717) is 16.2 Å². The van der Waals surface area contributed by atoms with Crippen LogP contribution >= 0.6 is 11.3 Å². The molecular formula is C17H20F3N3O2S2. The maximum atomic E-state index is 12.8. The third kappa shape index (κ3) is 4.01. The highest BCUT2D eigenvalue weighted by molar-refractivity contribution is 7.91. The zero-order chi connectivity index (χ0) is 20.6. The van der Waals surface area contributed by atoms with E-state index in [1.165, 1.54) is 11.3 Å². The molecule has 148 valence electrons. The Morgan fingerprint density at radius 3 is 2.41 bits per heavy atom. The Morgan fingerprint density at radius 2 is 1.85 bits per heavy atom. The first-order valence-corrected chi connectivity index (χ1v) is 10.7. The van der Waals surface area contributed by atoms with Crippen LogP contribution in [-0.2, 0) is 23.1 Å². The molecule has 27 heavy (non-hydrogen) atoms. The summed E-state index contributed by atoms with van der Waals surface area (Å²) in [5.41, 5.74) is -0.520. The van der Waals surface area contributed by atoms with Crippen molar-refractivity contribution in [1.82, 2.24) is 14.5 Å². The summed E-state index contributed by atoms with van der Waals surface area (Å²) in [6.07, 6.45) is -3.47. The molecule has 0 fully saturated rings. The second-order valence-electron chi connectivity index (χ2n) is 5.50. The average molecular weight is 419 g/mol. The molecule has 3 aromatic rings.